The molecule has 0 radical (unpaired) electrons. The minimum Gasteiger partial charge on any atom is -0.303 e. The lowest BCUT2D eigenvalue weighted by Crippen LogP contribution is -2.33. The van der Waals surface area contributed by atoms with E-state index < -0.39 is 0 Å². The van der Waals surface area contributed by atoms with Gasteiger partial charge in [-0.2, -0.15) is 0 Å². The van der Waals surface area contributed by atoms with Crippen molar-refractivity contribution in [3.8, 4) is 11.8 Å². The van der Waals surface area contributed by atoms with Crippen LogP contribution in [0.3, 0.4) is 0 Å². The van der Waals surface area contributed by atoms with Crippen molar-refractivity contribution in [3.05, 3.63) is 0 Å². The maximum atomic E-state index is 3.54. The Balaban J connectivity index is 1.75. The molecule has 2 aliphatic carbocycles. The molecule has 3 unspecified atom stereocenters. The Kier molecular flexibility index (Phi) is 2.37. The van der Waals surface area contributed by atoms with E-state index in [2.05, 4.69) is 17.2 Å². The quantitative estimate of drug-likeness (QED) is 0.612. The van der Waals surface area contributed by atoms with Crippen LogP contribution in [0.1, 0.15) is 32.6 Å². The van der Waals surface area contributed by atoms with Gasteiger partial charge in [0.25, 0.3) is 0 Å². The molecule has 0 aromatic heterocycles. The summed E-state index contributed by atoms with van der Waals surface area (Å²) in [6.45, 7) is 2.80. The molecular weight excluding hydrogens is 146 g/mol. The third-order valence-corrected chi connectivity index (χ3v) is 3.21. The lowest BCUT2D eigenvalue weighted by Gasteiger charge is -2.21. The fourth-order valence-corrected chi connectivity index (χ4v) is 2.43. The molecule has 1 N–H and O–H groups in total. The van der Waals surface area contributed by atoms with E-state index in [1.54, 1.807) is 0 Å². The molecule has 1 nitrogen and oxygen atoms in total. The summed E-state index contributed by atoms with van der Waals surface area (Å²) in [4.78, 5) is 0. The second kappa shape index (κ2) is 3.49. The molecule has 0 heterocycles. The Labute approximate surface area is 74.9 Å². The summed E-state index contributed by atoms with van der Waals surface area (Å²) in [5.41, 5.74) is 0. The first-order valence-electron chi connectivity index (χ1n) is 5.05. The summed E-state index contributed by atoms with van der Waals surface area (Å²) in [6.07, 6.45) is 5.78. The second-order valence-corrected chi connectivity index (χ2v) is 4.00. The fraction of sp³-hybridized carbons (Fsp3) is 0.818. The van der Waals surface area contributed by atoms with Crippen LogP contribution >= 0.6 is 0 Å². The Morgan fingerprint density at radius 1 is 1.42 bits per heavy atom. The van der Waals surface area contributed by atoms with Crippen LogP contribution in [0, 0.1) is 23.7 Å². The summed E-state index contributed by atoms with van der Waals surface area (Å²) < 4.78 is 0. The maximum absolute atomic E-state index is 3.54. The van der Waals surface area contributed by atoms with E-state index in [9.17, 15) is 0 Å². The summed E-state index contributed by atoms with van der Waals surface area (Å²) in [6, 6.07) is 0.796. The van der Waals surface area contributed by atoms with Crippen molar-refractivity contribution in [2.75, 3.05) is 6.54 Å². The predicted molar refractivity (Wildman–Crippen MR) is 50.7 cm³/mol. The minimum absolute atomic E-state index is 0.796. The van der Waals surface area contributed by atoms with E-state index in [-0.39, 0.29) is 0 Å². The topological polar surface area (TPSA) is 12.0 Å². The Hall–Kier alpha value is -0.480. The molecule has 2 saturated carbocycles. The van der Waals surface area contributed by atoms with Crippen molar-refractivity contribution in [2.24, 2.45) is 11.8 Å². The molecule has 0 aromatic carbocycles. The highest BCUT2D eigenvalue weighted by Crippen LogP contribution is 2.49. The molecule has 1 heteroatoms. The van der Waals surface area contributed by atoms with Crippen LogP contribution in [0.2, 0.25) is 0 Å². The molecule has 0 aromatic rings. The van der Waals surface area contributed by atoms with Gasteiger partial charge in [0.1, 0.15) is 0 Å². The number of hydrogen-bond donors (Lipinski definition) is 1. The first kappa shape index (κ1) is 8.13. The zero-order chi connectivity index (χ0) is 8.39. The van der Waals surface area contributed by atoms with Crippen LogP contribution in [0.5, 0.6) is 0 Å². The zero-order valence-corrected chi connectivity index (χ0v) is 7.77. The molecule has 0 saturated heterocycles. The zero-order valence-electron chi connectivity index (χ0n) is 7.77. The number of nitrogens with one attached hydrogen (secondary N) is 1. The number of rotatable bonds is 2. The van der Waals surface area contributed by atoms with Crippen molar-refractivity contribution in [1.29, 1.82) is 0 Å². The first-order chi connectivity index (χ1) is 5.92. The predicted octanol–water partition coefficient (Wildman–Crippen LogP) is 1.79. The summed E-state index contributed by atoms with van der Waals surface area (Å²) >= 11 is 0. The van der Waals surface area contributed by atoms with Gasteiger partial charge in [-0.25, -0.2) is 0 Å². The third-order valence-electron chi connectivity index (χ3n) is 3.21. The van der Waals surface area contributed by atoms with Crippen molar-refractivity contribution >= 4 is 0 Å². The molecule has 66 valence electrons. The molecule has 0 aliphatic heterocycles. The second-order valence-electron chi connectivity index (χ2n) is 4.00. The standard InChI is InChI=1S/C11H17N/c1-2-3-7-12-11-6-4-5-9-8-10(9)11/h9-12H,4-8H2,1H3. The molecule has 2 aliphatic rings. The monoisotopic (exact) mass is 163 g/mol. The molecule has 0 spiro atoms. The average Bonchev–Trinajstić information content (AvgIpc) is 2.84. The van der Waals surface area contributed by atoms with Crippen molar-refractivity contribution in [1.82, 2.24) is 5.32 Å². The number of hydrogen-bond acceptors (Lipinski definition) is 1. The van der Waals surface area contributed by atoms with Gasteiger partial charge in [0.15, 0.2) is 0 Å². The lowest BCUT2D eigenvalue weighted by molar-refractivity contribution is 0.366. The molecule has 3 atom stereocenters. The van der Waals surface area contributed by atoms with Gasteiger partial charge in [0, 0.05) is 6.04 Å². The summed E-state index contributed by atoms with van der Waals surface area (Å²) in [7, 11) is 0. The maximum Gasteiger partial charge on any atom is 0.0578 e. The van der Waals surface area contributed by atoms with Gasteiger partial charge in [0.05, 0.1) is 6.54 Å². The van der Waals surface area contributed by atoms with Gasteiger partial charge in [-0.3, -0.25) is 0 Å². The van der Waals surface area contributed by atoms with Gasteiger partial charge in [0.2, 0.25) is 0 Å². The first-order valence-corrected chi connectivity index (χ1v) is 5.05. The van der Waals surface area contributed by atoms with Crippen LogP contribution < -0.4 is 5.32 Å². The molecule has 12 heavy (non-hydrogen) atoms. The van der Waals surface area contributed by atoms with Crippen LogP contribution in [-0.4, -0.2) is 12.6 Å². The van der Waals surface area contributed by atoms with E-state index in [0.717, 1.165) is 24.4 Å². The number of fused-ring (bicyclic) bond motifs is 1. The highest BCUT2D eigenvalue weighted by Gasteiger charge is 2.44. The van der Waals surface area contributed by atoms with E-state index in [1.807, 2.05) is 6.92 Å². The van der Waals surface area contributed by atoms with Gasteiger partial charge < -0.3 is 5.32 Å². The van der Waals surface area contributed by atoms with Gasteiger partial charge in [-0.05, 0) is 31.6 Å². The molecule has 2 rings (SSSR count). The highest BCUT2D eigenvalue weighted by molar-refractivity contribution is 5.02. The largest absolute Gasteiger partial charge is 0.303 e. The highest BCUT2D eigenvalue weighted by atomic mass is 14.9. The van der Waals surface area contributed by atoms with Crippen LogP contribution in [0.15, 0.2) is 0 Å². The van der Waals surface area contributed by atoms with Crippen molar-refractivity contribution in [2.45, 2.75) is 38.6 Å². The molecule has 0 bridgehead atoms. The minimum atomic E-state index is 0.796. The summed E-state index contributed by atoms with van der Waals surface area (Å²) in [5, 5.41) is 3.54. The summed E-state index contributed by atoms with van der Waals surface area (Å²) in [5.74, 6) is 8.08. The van der Waals surface area contributed by atoms with Gasteiger partial charge in [-0.1, -0.05) is 18.8 Å². The lowest BCUT2D eigenvalue weighted by atomic mass is 9.95. The van der Waals surface area contributed by atoms with Crippen LogP contribution in [0.25, 0.3) is 0 Å². The van der Waals surface area contributed by atoms with Gasteiger partial charge >= 0.3 is 0 Å². The van der Waals surface area contributed by atoms with E-state index in [1.165, 1.54) is 25.7 Å². The Morgan fingerprint density at radius 3 is 3.17 bits per heavy atom. The van der Waals surface area contributed by atoms with Crippen molar-refractivity contribution < 1.29 is 0 Å². The Morgan fingerprint density at radius 2 is 2.33 bits per heavy atom. The van der Waals surface area contributed by atoms with E-state index in [0.29, 0.717) is 0 Å². The van der Waals surface area contributed by atoms with E-state index >= 15 is 0 Å². The molecule has 0 amide bonds. The normalized spacial score (nSPS) is 37.9. The third kappa shape index (κ3) is 1.64. The molecular formula is C11H17N. The van der Waals surface area contributed by atoms with E-state index in [4.69, 9.17) is 0 Å². The van der Waals surface area contributed by atoms with Gasteiger partial charge in [-0.15, -0.1) is 5.92 Å². The SMILES string of the molecule is CC#CCNC1CCCC2CC21. The smallest absolute Gasteiger partial charge is 0.0578 e. The average molecular weight is 163 g/mol. The van der Waals surface area contributed by atoms with Crippen LogP contribution in [0.4, 0.5) is 0 Å². The Bertz CT molecular complexity index is 211. The van der Waals surface area contributed by atoms with Crippen molar-refractivity contribution in [3.63, 3.8) is 0 Å². The molecule has 2 fully saturated rings. The fourth-order valence-electron chi connectivity index (χ4n) is 2.43. The van der Waals surface area contributed by atoms with Crippen LogP contribution in [-0.2, 0) is 0 Å².